The monoisotopic (exact) mass is 284 g/mol. The Balaban J connectivity index is 1.85. The lowest BCUT2D eigenvalue weighted by atomic mass is 9.93. The molecular formula is C18H17ClO. The van der Waals surface area contributed by atoms with Crippen molar-refractivity contribution in [3.8, 4) is 0 Å². The van der Waals surface area contributed by atoms with E-state index in [0.29, 0.717) is 5.92 Å². The molecule has 0 aromatic heterocycles. The zero-order valence-corrected chi connectivity index (χ0v) is 12.0. The first kappa shape index (κ1) is 13.4. The third kappa shape index (κ3) is 2.65. The van der Waals surface area contributed by atoms with Crippen molar-refractivity contribution in [2.24, 2.45) is 5.92 Å². The molecule has 2 aromatic rings. The second-order valence-electron chi connectivity index (χ2n) is 5.14. The lowest BCUT2D eigenvalue weighted by Crippen LogP contribution is -2.04. The van der Waals surface area contributed by atoms with Gasteiger partial charge in [0.1, 0.15) is 0 Å². The van der Waals surface area contributed by atoms with Gasteiger partial charge in [0.05, 0.1) is 12.2 Å². The van der Waals surface area contributed by atoms with Crippen molar-refractivity contribution in [2.75, 3.05) is 0 Å². The van der Waals surface area contributed by atoms with Crippen molar-refractivity contribution in [2.45, 2.75) is 18.6 Å². The van der Waals surface area contributed by atoms with E-state index in [-0.39, 0.29) is 12.2 Å². The third-order valence-electron chi connectivity index (χ3n) is 3.86. The van der Waals surface area contributed by atoms with Gasteiger partial charge in [0.2, 0.25) is 0 Å². The van der Waals surface area contributed by atoms with Crippen LogP contribution < -0.4 is 0 Å². The van der Waals surface area contributed by atoms with Gasteiger partial charge in [-0.3, -0.25) is 0 Å². The molecule has 3 atom stereocenters. The van der Waals surface area contributed by atoms with E-state index >= 15 is 0 Å². The van der Waals surface area contributed by atoms with Gasteiger partial charge in [-0.2, -0.15) is 0 Å². The standard InChI is InChI=1S/C18H17ClO/c1-2-13-12-17(14-6-4-3-5-7-14)20-18(13)15-8-10-16(19)11-9-15/h2-11,13,17-18H,1,12H2. The molecule has 0 saturated carbocycles. The maximum absolute atomic E-state index is 6.26. The Morgan fingerprint density at radius 1 is 1.00 bits per heavy atom. The van der Waals surface area contributed by atoms with E-state index in [1.165, 1.54) is 5.56 Å². The van der Waals surface area contributed by atoms with Crippen LogP contribution in [0.2, 0.25) is 5.02 Å². The highest BCUT2D eigenvalue weighted by Crippen LogP contribution is 2.45. The SMILES string of the molecule is C=CC1CC(c2ccccc2)OC1c1ccc(Cl)cc1. The summed E-state index contributed by atoms with van der Waals surface area (Å²) in [6, 6.07) is 18.3. The molecule has 2 heteroatoms. The number of hydrogen-bond donors (Lipinski definition) is 0. The molecule has 3 rings (SSSR count). The van der Waals surface area contributed by atoms with E-state index in [4.69, 9.17) is 16.3 Å². The molecule has 1 heterocycles. The summed E-state index contributed by atoms with van der Waals surface area (Å²) < 4.78 is 6.26. The zero-order chi connectivity index (χ0) is 13.9. The second-order valence-corrected chi connectivity index (χ2v) is 5.58. The molecule has 102 valence electrons. The topological polar surface area (TPSA) is 9.23 Å². The quantitative estimate of drug-likeness (QED) is 0.691. The highest BCUT2D eigenvalue weighted by atomic mass is 35.5. The van der Waals surface area contributed by atoms with Crippen molar-refractivity contribution in [1.82, 2.24) is 0 Å². The molecule has 1 aliphatic heterocycles. The fourth-order valence-electron chi connectivity index (χ4n) is 2.78. The Morgan fingerprint density at radius 2 is 1.70 bits per heavy atom. The van der Waals surface area contributed by atoms with Crippen molar-refractivity contribution >= 4 is 11.6 Å². The van der Waals surface area contributed by atoms with Crippen LogP contribution in [0.3, 0.4) is 0 Å². The summed E-state index contributed by atoms with van der Waals surface area (Å²) in [5, 5.41) is 0.751. The molecule has 0 spiro atoms. The number of rotatable bonds is 3. The Kier molecular flexibility index (Phi) is 3.90. The third-order valence-corrected chi connectivity index (χ3v) is 4.11. The van der Waals surface area contributed by atoms with Gasteiger partial charge in [-0.25, -0.2) is 0 Å². The van der Waals surface area contributed by atoms with Gasteiger partial charge < -0.3 is 4.74 Å². The highest BCUT2D eigenvalue weighted by molar-refractivity contribution is 6.30. The van der Waals surface area contributed by atoms with Crippen molar-refractivity contribution in [3.63, 3.8) is 0 Å². The van der Waals surface area contributed by atoms with Crippen LogP contribution in [0.4, 0.5) is 0 Å². The fraction of sp³-hybridized carbons (Fsp3) is 0.222. The smallest absolute Gasteiger partial charge is 0.0896 e. The first-order valence-electron chi connectivity index (χ1n) is 6.86. The zero-order valence-electron chi connectivity index (χ0n) is 11.2. The van der Waals surface area contributed by atoms with E-state index in [1.54, 1.807) is 0 Å². The summed E-state index contributed by atoms with van der Waals surface area (Å²) in [5.41, 5.74) is 2.40. The van der Waals surface area contributed by atoms with E-state index in [2.05, 4.69) is 30.8 Å². The lowest BCUT2D eigenvalue weighted by Gasteiger charge is -2.16. The van der Waals surface area contributed by atoms with Crippen LogP contribution >= 0.6 is 11.6 Å². The molecular weight excluding hydrogens is 268 g/mol. The minimum Gasteiger partial charge on any atom is -0.365 e. The van der Waals surface area contributed by atoms with Crippen LogP contribution in [0, 0.1) is 5.92 Å². The molecule has 20 heavy (non-hydrogen) atoms. The normalized spacial score (nSPS) is 25.6. The molecule has 1 saturated heterocycles. The average molecular weight is 285 g/mol. The van der Waals surface area contributed by atoms with E-state index < -0.39 is 0 Å². The summed E-state index contributed by atoms with van der Waals surface area (Å²) in [6.07, 6.45) is 3.18. The van der Waals surface area contributed by atoms with E-state index in [0.717, 1.165) is 17.0 Å². The lowest BCUT2D eigenvalue weighted by molar-refractivity contribution is 0.0375. The van der Waals surface area contributed by atoms with Crippen LogP contribution in [0.1, 0.15) is 29.8 Å². The first-order valence-corrected chi connectivity index (χ1v) is 7.24. The number of hydrogen-bond acceptors (Lipinski definition) is 1. The Labute approximate surface area is 124 Å². The van der Waals surface area contributed by atoms with Crippen molar-refractivity contribution in [3.05, 3.63) is 83.4 Å². The summed E-state index contributed by atoms with van der Waals surface area (Å²) in [6.45, 7) is 3.96. The molecule has 1 aliphatic rings. The summed E-state index contributed by atoms with van der Waals surface area (Å²) in [4.78, 5) is 0. The molecule has 1 fully saturated rings. The molecule has 1 nitrogen and oxygen atoms in total. The number of ether oxygens (including phenoxy) is 1. The van der Waals surface area contributed by atoms with E-state index in [1.807, 2.05) is 36.4 Å². The predicted octanol–water partition coefficient (Wildman–Crippen LogP) is 5.34. The van der Waals surface area contributed by atoms with Gasteiger partial charge in [-0.05, 0) is 29.7 Å². The molecule has 0 bridgehead atoms. The van der Waals surface area contributed by atoms with Crippen LogP contribution in [0.5, 0.6) is 0 Å². The number of benzene rings is 2. The minimum absolute atomic E-state index is 0.0648. The maximum Gasteiger partial charge on any atom is 0.0896 e. The van der Waals surface area contributed by atoms with Gasteiger partial charge in [0.25, 0.3) is 0 Å². The van der Waals surface area contributed by atoms with Crippen LogP contribution in [-0.4, -0.2) is 0 Å². The van der Waals surface area contributed by atoms with Crippen molar-refractivity contribution < 1.29 is 4.74 Å². The van der Waals surface area contributed by atoms with Gasteiger partial charge in [0, 0.05) is 10.9 Å². The average Bonchev–Trinajstić information content (AvgIpc) is 2.93. The molecule has 0 amide bonds. The summed E-state index contributed by atoms with van der Waals surface area (Å²) in [5.74, 6) is 0.335. The van der Waals surface area contributed by atoms with Gasteiger partial charge >= 0.3 is 0 Å². The molecule has 0 N–H and O–H groups in total. The van der Waals surface area contributed by atoms with Crippen LogP contribution in [-0.2, 0) is 4.74 Å². The minimum atomic E-state index is 0.0648. The Bertz CT molecular complexity index is 576. The first-order chi connectivity index (χ1) is 9.78. The second kappa shape index (κ2) is 5.82. The van der Waals surface area contributed by atoms with Crippen LogP contribution in [0.15, 0.2) is 67.3 Å². The summed E-state index contributed by atoms with van der Waals surface area (Å²) in [7, 11) is 0. The molecule has 2 aromatic carbocycles. The predicted molar refractivity (Wildman–Crippen MR) is 82.8 cm³/mol. The Hall–Kier alpha value is -1.57. The van der Waals surface area contributed by atoms with Crippen LogP contribution in [0.25, 0.3) is 0 Å². The maximum atomic E-state index is 6.26. The van der Waals surface area contributed by atoms with Gasteiger partial charge in [-0.1, -0.05) is 60.1 Å². The summed E-state index contributed by atoms with van der Waals surface area (Å²) >= 11 is 5.95. The van der Waals surface area contributed by atoms with Crippen molar-refractivity contribution in [1.29, 1.82) is 0 Å². The number of halogens is 1. The largest absolute Gasteiger partial charge is 0.365 e. The Morgan fingerprint density at radius 3 is 2.35 bits per heavy atom. The van der Waals surface area contributed by atoms with Gasteiger partial charge in [0.15, 0.2) is 0 Å². The highest BCUT2D eigenvalue weighted by Gasteiger charge is 2.34. The molecule has 3 unspecified atom stereocenters. The molecule has 0 aliphatic carbocycles. The van der Waals surface area contributed by atoms with E-state index in [9.17, 15) is 0 Å². The fourth-order valence-corrected chi connectivity index (χ4v) is 2.91. The molecule has 0 radical (unpaired) electrons. The van der Waals surface area contributed by atoms with Gasteiger partial charge in [-0.15, -0.1) is 6.58 Å².